The van der Waals surface area contributed by atoms with Crippen LogP contribution in [-0.4, -0.2) is 69.6 Å². The second kappa shape index (κ2) is 16.9. The second-order valence-corrected chi connectivity index (χ2v) is 11.5. The minimum atomic E-state index is -1.29. The summed E-state index contributed by atoms with van der Waals surface area (Å²) >= 11 is 0. The summed E-state index contributed by atoms with van der Waals surface area (Å²) < 4.78 is 0. The van der Waals surface area contributed by atoms with Gasteiger partial charge in [0.15, 0.2) is 0 Å². The van der Waals surface area contributed by atoms with Gasteiger partial charge in [-0.25, -0.2) is 4.79 Å². The number of nitrogens with two attached hydrogens (primary N) is 2. The molecule has 0 radical (unpaired) electrons. The Kier molecular flexibility index (Phi) is 12.5. The standard InChI is InChI=1S/C35H42N6O6/c36-17-7-6-12-29(39-32(43)27(37)18-22-8-2-1-3-9-22)33(44)40-30(19-23-13-15-25(42)16-14-23)34(45)41-31(35(46)47)20-24-21-38-28-11-5-4-10-26(24)28/h1-5,8-11,13-16,21,27,29-31,38,42H,6-7,12,17-20,36-37H2,(H,39,43)(H,40,44)(H,41,45)(H,46,47). The number of carboxylic acid groups (broad SMARTS) is 1. The summed E-state index contributed by atoms with van der Waals surface area (Å²) in [5, 5.41) is 28.7. The van der Waals surface area contributed by atoms with Crippen molar-refractivity contribution in [3.63, 3.8) is 0 Å². The van der Waals surface area contributed by atoms with Crippen LogP contribution in [0.3, 0.4) is 0 Å². The van der Waals surface area contributed by atoms with Crippen LogP contribution in [0.15, 0.2) is 85.1 Å². The summed E-state index contributed by atoms with van der Waals surface area (Å²) in [5.41, 5.74) is 14.9. The third-order valence-electron chi connectivity index (χ3n) is 7.94. The maximum Gasteiger partial charge on any atom is 0.326 e. The molecule has 0 spiro atoms. The van der Waals surface area contributed by atoms with Crippen LogP contribution in [-0.2, 0) is 38.4 Å². The number of hydrogen-bond acceptors (Lipinski definition) is 7. The molecule has 47 heavy (non-hydrogen) atoms. The van der Waals surface area contributed by atoms with Gasteiger partial charge in [-0.2, -0.15) is 0 Å². The number of carbonyl (C=O) groups excluding carboxylic acids is 3. The van der Waals surface area contributed by atoms with E-state index in [0.717, 1.165) is 16.5 Å². The number of H-pyrrole nitrogens is 1. The Bertz CT molecular complexity index is 1640. The summed E-state index contributed by atoms with van der Waals surface area (Å²) in [7, 11) is 0. The Morgan fingerprint density at radius 1 is 0.702 bits per heavy atom. The van der Waals surface area contributed by atoms with Crippen molar-refractivity contribution in [3.05, 3.63) is 102 Å². The third-order valence-corrected chi connectivity index (χ3v) is 7.94. The molecule has 4 atom stereocenters. The molecule has 1 heterocycles. The second-order valence-electron chi connectivity index (χ2n) is 11.5. The van der Waals surface area contributed by atoms with Crippen LogP contribution in [0.4, 0.5) is 0 Å². The largest absolute Gasteiger partial charge is 0.508 e. The highest BCUT2D eigenvalue weighted by molar-refractivity contribution is 5.94. The van der Waals surface area contributed by atoms with Gasteiger partial charge in [-0.05, 0) is 67.1 Å². The molecule has 10 N–H and O–H groups in total. The molecule has 4 unspecified atom stereocenters. The van der Waals surface area contributed by atoms with Crippen LogP contribution in [0.5, 0.6) is 5.75 Å². The van der Waals surface area contributed by atoms with Gasteiger partial charge in [-0.1, -0.05) is 60.7 Å². The van der Waals surface area contributed by atoms with Crippen LogP contribution in [0.1, 0.15) is 36.0 Å². The number of aromatic nitrogens is 1. The molecule has 4 rings (SSSR count). The lowest BCUT2D eigenvalue weighted by Gasteiger charge is -2.25. The third kappa shape index (κ3) is 10.1. The summed E-state index contributed by atoms with van der Waals surface area (Å²) in [6, 6.07) is 18.4. The van der Waals surface area contributed by atoms with Crippen LogP contribution < -0.4 is 27.4 Å². The number of rotatable bonds is 17. The van der Waals surface area contributed by atoms with Crippen molar-refractivity contribution in [3.8, 4) is 5.75 Å². The normalized spacial score (nSPS) is 13.7. The summed E-state index contributed by atoms with van der Waals surface area (Å²) in [6.07, 6.45) is 3.36. The number of aromatic amines is 1. The van der Waals surface area contributed by atoms with Gasteiger partial charge in [-0.15, -0.1) is 0 Å². The van der Waals surface area contributed by atoms with E-state index in [9.17, 15) is 29.4 Å². The minimum absolute atomic E-state index is 0.00202. The zero-order valence-electron chi connectivity index (χ0n) is 26.0. The number of aliphatic carboxylic acids is 1. The average molecular weight is 643 g/mol. The Morgan fingerprint density at radius 3 is 2.02 bits per heavy atom. The lowest BCUT2D eigenvalue weighted by Crippen LogP contribution is -2.58. The molecule has 0 fully saturated rings. The van der Waals surface area contributed by atoms with E-state index in [1.54, 1.807) is 18.3 Å². The zero-order chi connectivity index (χ0) is 33.8. The summed E-state index contributed by atoms with van der Waals surface area (Å²) in [6.45, 7) is 0.398. The monoisotopic (exact) mass is 642 g/mol. The molecule has 0 bridgehead atoms. The molecule has 12 heteroatoms. The Hall–Kier alpha value is -5.20. The smallest absolute Gasteiger partial charge is 0.326 e. The number of benzene rings is 3. The Balaban J connectivity index is 1.52. The van der Waals surface area contributed by atoms with Crippen molar-refractivity contribution < 1.29 is 29.4 Å². The lowest BCUT2D eigenvalue weighted by atomic mass is 10.0. The molecule has 3 aromatic carbocycles. The predicted molar refractivity (Wildman–Crippen MR) is 178 cm³/mol. The number of fused-ring (bicyclic) bond motifs is 1. The van der Waals surface area contributed by atoms with E-state index >= 15 is 0 Å². The molecule has 0 saturated heterocycles. The quantitative estimate of drug-likeness (QED) is 0.0795. The van der Waals surface area contributed by atoms with Crippen molar-refractivity contribution >= 4 is 34.6 Å². The van der Waals surface area contributed by atoms with Crippen molar-refractivity contribution in [1.82, 2.24) is 20.9 Å². The summed E-state index contributed by atoms with van der Waals surface area (Å²) in [4.78, 5) is 55.9. The maximum absolute atomic E-state index is 13.7. The van der Waals surface area contributed by atoms with Crippen molar-refractivity contribution in [1.29, 1.82) is 0 Å². The molecule has 4 aromatic rings. The summed E-state index contributed by atoms with van der Waals surface area (Å²) in [5.74, 6) is -3.07. The van der Waals surface area contributed by atoms with Gasteiger partial charge in [0, 0.05) is 29.9 Å². The number of aromatic hydroxyl groups is 1. The maximum atomic E-state index is 13.7. The number of carboxylic acids is 1. The highest BCUT2D eigenvalue weighted by Gasteiger charge is 2.31. The van der Waals surface area contributed by atoms with E-state index in [-0.39, 0.29) is 31.4 Å². The van der Waals surface area contributed by atoms with Crippen LogP contribution >= 0.6 is 0 Å². The van der Waals surface area contributed by atoms with Gasteiger partial charge < -0.3 is 42.6 Å². The van der Waals surface area contributed by atoms with Crippen molar-refractivity contribution in [2.75, 3.05) is 6.54 Å². The number of amides is 3. The molecule has 1 aromatic heterocycles. The minimum Gasteiger partial charge on any atom is -0.508 e. The van der Waals surface area contributed by atoms with E-state index < -0.39 is 47.9 Å². The van der Waals surface area contributed by atoms with Gasteiger partial charge in [0.25, 0.3) is 0 Å². The Morgan fingerprint density at radius 2 is 1.32 bits per heavy atom. The molecule has 0 aliphatic rings. The highest BCUT2D eigenvalue weighted by Crippen LogP contribution is 2.19. The van der Waals surface area contributed by atoms with Gasteiger partial charge in [-0.3, -0.25) is 14.4 Å². The van der Waals surface area contributed by atoms with Crippen LogP contribution in [0.2, 0.25) is 0 Å². The zero-order valence-corrected chi connectivity index (χ0v) is 26.0. The predicted octanol–water partition coefficient (Wildman–Crippen LogP) is 1.90. The molecule has 12 nitrogen and oxygen atoms in total. The molecule has 3 amide bonds. The molecule has 0 aliphatic heterocycles. The number of phenolic OH excluding ortho intramolecular Hbond substituents is 1. The lowest BCUT2D eigenvalue weighted by molar-refractivity contribution is -0.142. The number of carbonyl (C=O) groups is 4. The molecular formula is C35H42N6O6. The van der Waals surface area contributed by atoms with Crippen LogP contribution in [0, 0.1) is 0 Å². The fraction of sp³-hybridized carbons (Fsp3) is 0.314. The fourth-order valence-corrected chi connectivity index (χ4v) is 5.34. The molecular weight excluding hydrogens is 600 g/mol. The molecule has 0 aliphatic carbocycles. The van der Waals surface area contributed by atoms with Gasteiger partial charge in [0.2, 0.25) is 17.7 Å². The first-order valence-corrected chi connectivity index (χ1v) is 15.6. The first kappa shape index (κ1) is 34.7. The van der Waals surface area contributed by atoms with Gasteiger partial charge >= 0.3 is 5.97 Å². The van der Waals surface area contributed by atoms with Crippen LogP contribution in [0.25, 0.3) is 10.9 Å². The van der Waals surface area contributed by atoms with E-state index in [1.165, 1.54) is 12.1 Å². The molecule has 0 saturated carbocycles. The highest BCUT2D eigenvalue weighted by atomic mass is 16.4. The number of phenols is 1. The average Bonchev–Trinajstić information content (AvgIpc) is 3.47. The van der Waals surface area contributed by atoms with E-state index in [2.05, 4.69) is 20.9 Å². The van der Waals surface area contributed by atoms with E-state index in [1.807, 2.05) is 54.6 Å². The SMILES string of the molecule is NCCCCC(NC(=O)C(N)Cc1ccccc1)C(=O)NC(Cc1ccc(O)cc1)C(=O)NC(Cc1c[nH]c2ccccc12)C(=O)O. The topological polar surface area (TPSA) is 213 Å². The first-order valence-electron chi connectivity index (χ1n) is 15.6. The fourth-order valence-electron chi connectivity index (χ4n) is 5.34. The number of para-hydroxylation sites is 1. The van der Waals surface area contributed by atoms with Crippen molar-refractivity contribution in [2.45, 2.75) is 62.7 Å². The number of hydrogen-bond donors (Lipinski definition) is 8. The van der Waals surface area contributed by atoms with Gasteiger partial charge in [0.05, 0.1) is 6.04 Å². The van der Waals surface area contributed by atoms with E-state index in [0.29, 0.717) is 30.5 Å². The number of unbranched alkanes of at least 4 members (excludes halogenated alkanes) is 1. The Labute approximate surface area is 272 Å². The first-order chi connectivity index (χ1) is 22.6. The number of nitrogens with one attached hydrogen (secondary N) is 4. The molecule has 248 valence electrons. The van der Waals surface area contributed by atoms with Gasteiger partial charge in [0.1, 0.15) is 23.9 Å². The van der Waals surface area contributed by atoms with E-state index in [4.69, 9.17) is 11.5 Å². The van der Waals surface area contributed by atoms with Crippen molar-refractivity contribution in [2.24, 2.45) is 11.5 Å².